The number of para-hydroxylation sites is 1. The van der Waals surface area contributed by atoms with Crippen molar-refractivity contribution >= 4 is 10.9 Å². The van der Waals surface area contributed by atoms with Crippen LogP contribution in [0.4, 0.5) is 0 Å². The Morgan fingerprint density at radius 2 is 1.71 bits per heavy atom. The van der Waals surface area contributed by atoms with Gasteiger partial charge in [0.2, 0.25) is 0 Å². The maximum atomic E-state index is 6.41. The summed E-state index contributed by atoms with van der Waals surface area (Å²) in [6.07, 6.45) is 1.77. The van der Waals surface area contributed by atoms with Crippen LogP contribution in [0.5, 0.6) is 0 Å². The molecule has 3 rings (SSSR count). The van der Waals surface area contributed by atoms with Gasteiger partial charge in [0, 0.05) is 23.5 Å². The third-order valence-corrected chi connectivity index (χ3v) is 3.92. The minimum absolute atomic E-state index is 0.00480. The summed E-state index contributed by atoms with van der Waals surface area (Å²) in [6.45, 7) is 2.17. The Bertz CT molecular complexity index is 749. The van der Waals surface area contributed by atoms with Crippen LogP contribution >= 0.6 is 0 Å². The quantitative estimate of drug-likeness (QED) is 0.781. The zero-order valence-electron chi connectivity index (χ0n) is 12.3. The highest BCUT2D eigenvalue weighted by molar-refractivity contribution is 5.78. The first-order valence-electron chi connectivity index (χ1n) is 7.46. The Morgan fingerprint density at radius 3 is 2.57 bits per heavy atom. The Labute approximate surface area is 125 Å². The lowest BCUT2D eigenvalue weighted by Gasteiger charge is -2.15. The van der Waals surface area contributed by atoms with Crippen LogP contribution in [0.25, 0.3) is 10.9 Å². The minimum atomic E-state index is -0.00480. The third kappa shape index (κ3) is 2.96. The second-order valence-corrected chi connectivity index (χ2v) is 5.36. The fraction of sp³-hybridized carbons (Fsp3) is 0.211. The second kappa shape index (κ2) is 6.06. The summed E-state index contributed by atoms with van der Waals surface area (Å²) in [4.78, 5) is 4.72. The molecule has 0 saturated heterocycles. The normalized spacial score (nSPS) is 12.5. The van der Waals surface area contributed by atoms with Gasteiger partial charge < -0.3 is 5.73 Å². The Balaban J connectivity index is 1.87. The standard InChI is InChI=1S/C19H20N2/c1-2-14-7-3-5-9-17(14)18(20)13-16-12-11-15-8-4-6-10-19(15)21-16/h3-12,18H,2,13,20H2,1H3. The van der Waals surface area contributed by atoms with Gasteiger partial charge in [-0.05, 0) is 29.7 Å². The van der Waals surface area contributed by atoms with E-state index < -0.39 is 0 Å². The smallest absolute Gasteiger partial charge is 0.0705 e. The molecule has 0 bridgehead atoms. The molecule has 106 valence electrons. The molecular weight excluding hydrogens is 256 g/mol. The molecule has 0 aliphatic carbocycles. The summed E-state index contributed by atoms with van der Waals surface area (Å²) < 4.78 is 0. The van der Waals surface area contributed by atoms with E-state index >= 15 is 0 Å². The number of hydrogen-bond donors (Lipinski definition) is 1. The molecule has 2 nitrogen and oxygen atoms in total. The molecule has 2 aromatic carbocycles. The van der Waals surface area contributed by atoms with Crippen LogP contribution in [0.2, 0.25) is 0 Å². The van der Waals surface area contributed by atoms with Gasteiger partial charge in [-0.2, -0.15) is 0 Å². The summed E-state index contributed by atoms with van der Waals surface area (Å²) in [5.74, 6) is 0. The maximum Gasteiger partial charge on any atom is 0.0705 e. The SMILES string of the molecule is CCc1ccccc1C(N)Cc1ccc2ccccc2n1. The first kappa shape index (κ1) is 13.8. The van der Waals surface area contributed by atoms with Crippen molar-refractivity contribution in [2.24, 2.45) is 5.73 Å². The van der Waals surface area contributed by atoms with Gasteiger partial charge in [-0.15, -0.1) is 0 Å². The fourth-order valence-corrected chi connectivity index (χ4v) is 2.78. The Kier molecular flexibility index (Phi) is 3.98. The summed E-state index contributed by atoms with van der Waals surface area (Å²) in [5, 5.41) is 1.17. The van der Waals surface area contributed by atoms with E-state index in [0.29, 0.717) is 0 Å². The van der Waals surface area contributed by atoms with Gasteiger partial charge in [0.15, 0.2) is 0 Å². The van der Waals surface area contributed by atoms with Gasteiger partial charge in [0.1, 0.15) is 0 Å². The molecule has 2 N–H and O–H groups in total. The summed E-state index contributed by atoms with van der Waals surface area (Å²) in [5.41, 5.74) is 11.0. The van der Waals surface area contributed by atoms with Crippen LogP contribution in [0, 0.1) is 0 Å². The van der Waals surface area contributed by atoms with Crippen LogP contribution in [0.1, 0.15) is 29.8 Å². The molecule has 1 aromatic heterocycles. The fourth-order valence-electron chi connectivity index (χ4n) is 2.78. The zero-order valence-corrected chi connectivity index (χ0v) is 12.3. The summed E-state index contributed by atoms with van der Waals surface area (Å²) in [7, 11) is 0. The highest BCUT2D eigenvalue weighted by Crippen LogP contribution is 2.21. The lowest BCUT2D eigenvalue weighted by atomic mass is 9.96. The van der Waals surface area contributed by atoms with Gasteiger partial charge in [0.25, 0.3) is 0 Å². The molecule has 1 atom stereocenters. The first-order chi connectivity index (χ1) is 10.3. The number of aromatic nitrogens is 1. The van der Waals surface area contributed by atoms with Crippen LogP contribution < -0.4 is 5.73 Å². The van der Waals surface area contributed by atoms with Crippen LogP contribution in [-0.4, -0.2) is 4.98 Å². The van der Waals surface area contributed by atoms with Crippen molar-refractivity contribution < 1.29 is 0 Å². The van der Waals surface area contributed by atoms with E-state index in [0.717, 1.165) is 24.1 Å². The number of hydrogen-bond acceptors (Lipinski definition) is 2. The van der Waals surface area contributed by atoms with Crippen molar-refractivity contribution in [1.82, 2.24) is 4.98 Å². The van der Waals surface area contributed by atoms with E-state index in [4.69, 9.17) is 10.7 Å². The van der Waals surface area contributed by atoms with E-state index in [1.165, 1.54) is 16.5 Å². The van der Waals surface area contributed by atoms with Crippen LogP contribution in [-0.2, 0) is 12.8 Å². The van der Waals surface area contributed by atoms with E-state index in [9.17, 15) is 0 Å². The Morgan fingerprint density at radius 1 is 0.952 bits per heavy atom. The molecule has 3 aromatic rings. The monoisotopic (exact) mass is 276 g/mol. The van der Waals surface area contributed by atoms with E-state index in [1.807, 2.05) is 18.2 Å². The molecule has 0 fully saturated rings. The number of aryl methyl sites for hydroxylation is 1. The third-order valence-electron chi connectivity index (χ3n) is 3.92. The van der Waals surface area contributed by atoms with Crippen molar-refractivity contribution in [1.29, 1.82) is 0 Å². The highest BCUT2D eigenvalue weighted by Gasteiger charge is 2.11. The average molecular weight is 276 g/mol. The van der Waals surface area contributed by atoms with Crippen LogP contribution in [0.15, 0.2) is 60.7 Å². The maximum absolute atomic E-state index is 6.41. The number of fused-ring (bicyclic) bond motifs is 1. The van der Waals surface area contributed by atoms with Crippen molar-refractivity contribution in [3.8, 4) is 0 Å². The highest BCUT2D eigenvalue weighted by atomic mass is 14.7. The lowest BCUT2D eigenvalue weighted by Crippen LogP contribution is -2.16. The van der Waals surface area contributed by atoms with Gasteiger partial charge in [-0.25, -0.2) is 0 Å². The molecule has 1 unspecified atom stereocenters. The zero-order chi connectivity index (χ0) is 14.7. The van der Waals surface area contributed by atoms with Crippen LogP contribution in [0.3, 0.4) is 0 Å². The molecule has 0 amide bonds. The van der Waals surface area contributed by atoms with E-state index in [2.05, 4.69) is 49.4 Å². The van der Waals surface area contributed by atoms with E-state index in [-0.39, 0.29) is 6.04 Å². The van der Waals surface area contributed by atoms with Gasteiger partial charge in [-0.1, -0.05) is 55.5 Å². The topological polar surface area (TPSA) is 38.9 Å². The largest absolute Gasteiger partial charge is 0.324 e. The molecule has 0 aliphatic heterocycles. The molecular formula is C19H20N2. The number of pyridine rings is 1. The molecule has 0 saturated carbocycles. The molecule has 0 spiro atoms. The summed E-state index contributed by atoms with van der Waals surface area (Å²) in [6, 6.07) is 20.8. The molecule has 21 heavy (non-hydrogen) atoms. The van der Waals surface area contributed by atoms with Gasteiger partial charge in [-0.3, -0.25) is 4.98 Å². The van der Waals surface area contributed by atoms with Crippen molar-refractivity contribution in [2.45, 2.75) is 25.8 Å². The van der Waals surface area contributed by atoms with E-state index in [1.54, 1.807) is 0 Å². The number of nitrogens with zero attached hydrogens (tertiary/aromatic N) is 1. The van der Waals surface area contributed by atoms with Crippen molar-refractivity contribution in [3.05, 3.63) is 77.5 Å². The number of benzene rings is 2. The summed E-state index contributed by atoms with van der Waals surface area (Å²) >= 11 is 0. The predicted octanol–water partition coefficient (Wildman–Crippen LogP) is 4.04. The number of rotatable bonds is 4. The molecule has 0 aliphatic rings. The molecule has 0 radical (unpaired) electrons. The van der Waals surface area contributed by atoms with Crippen molar-refractivity contribution in [2.75, 3.05) is 0 Å². The average Bonchev–Trinajstić information content (AvgIpc) is 2.54. The minimum Gasteiger partial charge on any atom is -0.324 e. The second-order valence-electron chi connectivity index (χ2n) is 5.36. The molecule has 2 heteroatoms. The molecule has 1 heterocycles. The van der Waals surface area contributed by atoms with Crippen molar-refractivity contribution in [3.63, 3.8) is 0 Å². The predicted molar refractivity (Wildman–Crippen MR) is 88.2 cm³/mol. The lowest BCUT2D eigenvalue weighted by molar-refractivity contribution is 0.700. The van der Waals surface area contributed by atoms with Gasteiger partial charge >= 0.3 is 0 Å². The first-order valence-corrected chi connectivity index (χ1v) is 7.46. The number of nitrogens with two attached hydrogens (primary N) is 1. The Hall–Kier alpha value is -2.19. The van der Waals surface area contributed by atoms with Gasteiger partial charge in [0.05, 0.1) is 5.52 Å².